The molecule has 0 aliphatic rings. The van der Waals surface area contributed by atoms with Crippen molar-refractivity contribution in [3.05, 3.63) is 29.8 Å². The second-order valence-corrected chi connectivity index (χ2v) is 4.68. The molecule has 0 unspecified atom stereocenters. The highest BCUT2D eigenvalue weighted by Crippen LogP contribution is 2.12. The summed E-state index contributed by atoms with van der Waals surface area (Å²) < 4.78 is 28.4. The molecule has 0 aliphatic heterocycles. The minimum Gasteiger partial charge on any atom is -0.497 e. The number of hydrogen-bond acceptors (Lipinski definition) is 4. The molecule has 1 aromatic rings. The van der Waals surface area contributed by atoms with E-state index >= 15 is 0 Å². The van der Waals surface area contributed by atoms with Gasteiger partial charge in [-0.15, -0.1) is 0 Å². The molecule has 82 valence electrons. The van der Waals surface area contributed by atoms with Gasteiger partial charge < -0.3 is 4.74 Å². The Bertz CT molecular complexity index is 467. The fourth-order valence-corrected chi connectivity index (χ4v) is 1.45. The lowest BCUT2D eigenvalue weighted by molar-refractivity contribution is 0.0981. The molecular formula is C9H11NO4S. The minimum absolute atomic E-state index is 0.236. The van der Waals surface area contributed by atoms with E-state index in [1.165, 1.54) is 19.2 Å². The standard InChI is InChI=1S/C9H11NO4S/c1-14-8-5-3-4-7(6-8)9(11)10-15(2,12)13/h3-6H,1-2H3,(H,10,11). The zero-order valence-electron chi connectivity index (χ0n) is 8.35. The van der Waals surface area contributed by atoms with Gasteiger partial charge in [0.2, 0.25) is 10.0 Å². The molecule has 1 aromatic carbocycles. The summed E-state index contributed by atoms with van der Waals surface area (Å²) >= 11 is 0. The van der Waals surface area contributed by atoms with Crippen molar-refractivity contribution < 1.29 is 17.9 Å². The fourth-order valence-electron chi connectivity index (χ4n) is 0.992. The number of nitrogens with one attached hydrogen (secondary N) is 1. The van der Waals surface area contributed by atoms with Crippen LogP contribution in [0.25, 0.3) is 0 Å². The van der Waals surface area contributed by atoms with Crippen LogP contribution in [-0.2, 0) is 10.0 Å². The Morgan fingerprint density at radius 2 is 2.07 bits per heavy atom. The van der Waals surface area contributed by atoms with Crippen LogP contribution in [0.4, 0.5) is 0 Å². The van der Waals surface area contributed by atoms with Crippen LogP contribution in [0.3, 0.4) is 0 Å². The van der Waals surface area contributed by atoms with Crippen molar-refractivity contribution in [1.82, 2.24) is 4.72 Å². The van der Waals surface area contributed by atoms with Crippen LogP contribution in [0.15, 0.2) is 24.3 Å². The third-order valence-corrected chi connectivity index (χ3v) is 2.17. The Kier molecular flexibility index (Phi) is 3.31. The van der Waals surface area contributed by atoms with Gasteiger partial charge in [-0.25, -0.2) is 13.1 Å². The van der Waals surface area contributed by atoms with Crippen LogP contribution >= 0.6 is 0 Å². The lowest BCUT2D eigenvalue weighted by Gasteiger charge is -2.04. The van der Waals surface area contributed by atoms with Crippen LogP contribution in [-0.4, -0.2) is 27.7 Å². The number of hydrogen-bond donors (Lipinski definition) is 1. The summed E-state index contributed by atoms with van der Waals surface area (Å²) in [7, 11) is -2.07. The van der Waals surface area contributed by atoms with Gasteiger partial charge in [0.15, 0.2) is 0 Å². The smallest absolute Gasteiger partial charge is 0.264 e. The molecule has 0 heterocycles. The van der Waals surface area contributed by atoms with E-state index in [0.717, 1.165) is 6.26 Å². The van der Waals surface area contributed by atoms with Crippen LogP contribution in [0.1, 0.15) is 10.4 Å². The molecule has 1 amide bonds. The molecule has 0 bridgehead atoms. The van der Waals surface area contributed by atoms with Gasteiger partial charge >= 0.3 is 0 Å². The quantitative estimate of drug-likeness (QED) is 0.813. The molecule has 15 heavy (non-hydrogen) atoms. The Balaban J connectivity index is 2.92. The van der Waals surface area contributed by atoms with E-state index in [1.807, 2.05) is 4.72 Å². The molecule has 0 aliphatic carbocycles. The van der Waals surface area contributed by atoms with E-state index in [1.54, 1.807) is 12.1 Å². The van der Waals surface area contributed by atoms with Gasteiger partial charge in [0, 0.05) is 5.56 Å². The van der Waals surface area contributed by atoms with Crippen LogP contribution in [0.2, 0.25) is 0 Å². The van der Waals surface area contributed by atoms with E-state index in [9.17, 15) is 13.2 Å². The summed E-state index contributed by atoms with van der Waals surface area (Å²) in [6.07, 6.45) is 0.922. The first-order valence-corrected chi connectivity index (χ1v) is 5.97. The summed E-state index contributed by atoms with van der Waals surface area (Å²) in [4.78, 5) is 11.4. The summed E-state index contributed by atoms with van der Waals surface area (Å²) in [5, 5.41) is 0. The van der Waals surface area contributed by atoms with E-state index in [0.29, 0.717) is 5.75 Å². The molecule has 0 saturated heterocycles. The monoisotopic (exact) mass is 229 g/mol. The van der Waals surface area contributed by atoms with E-state index in [4.69, 9.17) is 4.74 Å². The molecule has 0 spiro atoms. The maximum atomic E-state index is 11.4. The number of benzene rings is 1. The fraction of sp³-hybridized carbons (Fsp3) is 0.222. The first-order chi connectivity index (χ1) is 6.92. The van der Waals surface area contributed by atoms with E-state index < -0.39 is 15.9 Å². The summed E-state index contributed by atoms with van der Waals surface area (Å²) in [6.45, 7) is 0. The second kappa shape index (κ2) is 4.31. The molecule has 6 heteroatoms. The lowest BCUT2D eigenvalue weighted by Crippen LogP contribution is -2.29. The van der Waals surface area contributed by atoms with Crippen molar-refractivity contribution in [3.8, 4) is 5.75 Å². The van der Waals surface area contributed by atoms with Crippen molar-refractivity contribution >= 4 is 15.9 Å². The first-order valence-electron chi connectivity index (χ1n) is 4.08. The predicted octanol–water partition coefficient (Wildman–Crippen LogP) is 0.385. The molecule has 0 fully saturated rings. The number of carbonyl (C=O) groups is 1. The molecule has 1 rings (SSSR count). The molecule has 5 nitrogen and oxygen atoms in total. The number of rotatable bonds is 3. The minimum atomic E-state index is -3.53. The van der Waals surface area contributed by atoms with Gasteiger partial charge in [0.05, 0.1) is 13.4 Å². The van der Waals surface area contributed by atoms with Crippen LogP contribution in [0.5, 0.6) is 5.75 Å². The SMILES string of the molecule is COc1cccc(C(=O)NS(C)(=O)=O)c1. The Hall–Kier alpha value is -1.56. The maximum absolute atomic E-state index is 11.4. The Morgan fingerprint density at radius 1 is 1.40 bits per heavy atom. The summed E-state index contributed by atoms with van der Waals surface area (Å²) in [5.41, 5.74) is 0.236. The zero-order valence-corrected chi connectivity index (χ0v) is 9.17. The third kappa shape index (κ3) is 3.59. The topological polar surface area (TPSA) is 72.5 Å². The van der Waals surface area contributed by atoms with Crippen LogP contribution < -0.4 is 9.46 Å². The number of amides is 1. The average Bonchev–Trinajstić information content (AvgIpc) is 2.15. The van der Waals surface area contributed by atoms with Gasteiger partial charge in [-0.2, -0.15) is 0 Å². The largest absolute Gasteiger partial charge is 0.497 e. The highest BCUT2D eigenvalue weighted by molar-refractivity contribution is 7.89. The van der Waals surface area contributed by atoms with Crippen molar-refractivity contribution in [2.75, 3.05) is 13.4 Å². The van der Waals surface area contributed by atoms with Gasteiger partial charge in [-0.05, 0) is 18.2 Å². The van der Waals surface area contributed by atoms with Gasteiger partial charge in [-0.1, -0.05) is 6.07 Å². The molecule has 0 radical (unpaired) electrons. The van der Waals surface area contributed by atoms with Gasteiger partial charge in [-0.3, -0.25) is 4.79 Å². The predicted molar refractivity (Wildman–Crippen MR) is 55.3 cm³/mol. The van der Waals surface area contributed by atoms with Crippen LogP contribution in [0, 0.1) is 0 Å². The molecule has 0 atom stereocenters. The first kappa shape index (κ1) is 11.5. The van der Waals surface area contributed by atoms with Gasteiger partial charge in [0.1, 0.15) is 5.75 Å². The van der Waals surface area contributed by atoms with Crippen molar-refractivity contribution in [2.45, 2.75) is 0 Å². The highest BCUT2D eigenvalue weighted by atomic mass is 32.2. The number of carbonyl (C=O) groups excluding carboxylic acids is 1. The van der Waals surface area contributed by atoms with Gasteiger partial charge in [0.25, 0.3) is 5.91 Å². The van der Waals surface area contributed by atoms with E-state index in [2.05, 4.69) is 0 Å². The van der Waals surface area contributed by atoms with Crippen molar-refractivity contribution in [1.29, 1.82) is 0 Å². The maximum Gasteiger partial charge on any atom is 0.264 e. The lowest BCUT2D eigenvalue weighted by atomic mass is 10.2. The Morgan fingerprint density at radius 3 is 2.60 bits per heavy atom. The normalized spacial score (nSPS) is 10.8. The number of sulfonamides is 1. The average molecular weight is 229 g/mol. The molecular weight excluding hydrogens is 218 g/mol. The second-order valence-electron chi connectivity index (χ2n) is 2.94. The zero-order chi connectivity index (χ0) is 11.5. The third-order valence-electron chi connectivity index (χ3n) is 1.61. The highest BCUT2D eigenvalue weighted by Gasteiger charge is 2.11. The Labute approximate surface area is 88.1 Å². The van der Waals surface area contributed by atoms with Crippen molar-refractivity contribution in [2.24, 2.45) is 0 Å². The number of ether oxygens (including phenoxy) is 1. The van der Waals surface area contributed by atoms with Crippen molar-refractivity contribution in [3.63, 3.8) is 0 Å². The number of methoxy groups -OCH3 is 1. The molecule has 1 N–H and O–H groups in total. The van der Waals surface area contributed by atoms with E-state index in [-0.39, 0.29) is 5.56 Å². The summed E-state index contributed by atoms with van der Waals surface area (Å²) in [5.74, 6) is -0.174. The summed E-state index contributed by atoms with van der Waals surface area (Å²) in [6, 6.07) is 6.23. The molecule has 0 aromatic heterocycles. The molecule has 0 saturated carbocycles.